The second-order valence-corrected chi connectivity index (χ2v) is 4.77. The zero-order valence-corrected chi connectivity index (χ0v) is 11.1. The Balaban J connectivity index is 2.71. The van der Waals surface area contributed by atoms with Crippen molar-refractivity contribution in [3.63, 3.8) is 0 Å². The van der Waals surface area contributed by atoms with Gasteiger partial charge in [-0.1, -0.05) is 41.4 Å². The van der Waals surface area contributed by atoms with Gasteiger partial charge >= 0.3 is 5.97 Å². The lowest BCUT2D eigenvalue weighted by molar-refractivity contribution is 0.0698. The molecule has 0 saturated heterocycles. The summed E-state index contributed by atoms with van der Waals surface area (Å²) in [5.41, 5.74) is 2.44. The molecule has 0 amide bonds. The van der Waals surface area contributed by atoms with Gasteiger partial charge < -0.3 is 5.11 Å². The third-order valence-corrected chi connectivity index (χ3v) is 3.26. The lowest BCUT2D eigenvalue weighted by Crippen LogP contribution is -2.01. The second kappa shape index (κ2) is 5.01. The summed E-state index contributed by atoms with van der Waals surface area (Å²) >= 11 is 11.8. The monoisotopic (exact) mass is 280 g/mol. The van der Waals surface area contributed by atoms with E-state index in [2.05, 4.69) is 0 Å². The molecule has 92 valence electrons. The zero-order chi connectivity index (χ0) is 13.3. The average Bonchev–Trinajstić information content (AvgIpc) is 2.28. The average molecular weight is 281 g/mol. The van der Waals surface area contributed by atoms with Gasteiger partial charge in [0.1, 0.15) is 0 Å². The van der Waals surface area contributed by atoms with Gasteiger partial charge in [-0.25, -0.2) is 4.79 Å². The molecule has 0 aliphatic rings. The highest BCUT2D eigenvalue weighted by atomic mass is 35.5. The fourth-order valence-electron chi connectivity index (χ4n) is 1.90. The van der Waals surface area contributed by atoms with E-state index in [9.17, 15) is 9.90 Å². The number of carboxylic acid groups (broad SMARTS) is 1. The SMILES string of the molecule is Cc1cc(Cl)ccc1-c1cccc(Cl)c1C(=O)O. The zero-order valence-electron chi connectivity index (χ0n) is 9.58. The van der Waals surface area contributed by atoms with Gasteiger partial charge in [0, 0.05) is 5.02 Å². The fourth-order valence-corrected chi connectivity index (χ4v) is 2.38. The largest absolute Gasteiger partial charge is 0.478 e. The minimum atomic E-state index is -1.04. The molecule has 18 heavy (non-hydrogen) atoms. The van der Waals surface area contributed by atoms with Crippen molar-refractivity contribution in [2.75, 3.05) is 0 Å². The summed E-state index contributed by atoms with van der Waals surface area (Å²) in [6, 6.07) is 10.4. The predicted molar refractivity (Wildman–Crippen MR) is 73.6 cm³/mol. The highest BCUT2D eigenvalue weighted by Gasteiger charge is 2.16. The molecular weight excluding hydrogens is 271 g/mol. The molecule has 2 aromatic carbocycles. The highest BCUT2D eigenvalue weighted by Crippen LogP contribution is 2.32. The van der Waals surface area contributed by atoms with Crippen LogP contribution in [0.4, 0.5) is 0 Å². The van der Waals surface area contributed by atoms with Crippen LogP contribution in [0.3, 0.4) is 0 Å². The third kappa shape index (κ3) is 2.35. The van der Waals surface area contributed by atoms with Crippen molar-refractivity contribution in [1.82, 2.24) is 0 Å². The lowest BCUT2D eigenvalue weighted by atomic mass is 9.96. The molecule has 0 bridgehead atoms. The molecule has 4 heteroatoms. The standard InChI is InChI=1S/C14H10Cl2O2/c1-8-7-9(15)5-6-10(8)11-3-2-4-12(16)13(11)14(17)18/h2-7H,1H3,(H,17,18). The van der Waals surface area contributed by atoms with Crippen molar-refractivity contribution in [1.29, 1.82) is 0 Å². The molecule has 2 nitrogen and oxygen atoms in total. The van der Waals surface area contributed by atoms with Crippen LogP contribution in [-0.2, 0) is 0 Å². The predicted octanol–water partition coefficient (Wildman–Crippen LogP) is 4.67. The summed E-state index contributed by atoms with van der Waals surface area (Å²) in [7, 11) is 0. The van der Waals surface area contributed by atoms with Crippen LogP contribution in [0.15, 0.2) is 36.4 Å². The lowest BCUT2D eigenvalue weighted by Gasteiger charge is -2.11. The van der Waals surface area contributed by atoms with E-state index in [1.54, 1.807) is 36.4 Å². The van der Waals surface area contributed by atoms with Crippen LogP contribution in [0.5, 0.6) is 0 Å². The molecule has 0 aromatic heterocycles. The topological polar surface area (TPSA) is 37.3 Å². The van der Waals surface area contributed by atoms with Gasteiger partial charge in [-0.2, -0.15) is 0 Å². The summed E-state index contributed by atoms with van der Waals surface area (Å²) in [5.74, 6) is -1.04. The Labute approximate surface area is 115 Å². The highest BCUT2D eigenvalue weighted by molar-refractivity contribution is 6.34. The van der Waals surface area contributed by atoms with Crippen LogP contribution in [0.25, 0.3) is 11.1 Å². The molecule has 0 unspecified atom stereocenters. The molecule has 0 saturated carbocycles. The van der Waals surface area contributed by atoms with E-state index in [4.69, 9.17) is 23.2 Å². The number of rotatable bonds is 2. The van der Waals surface area contributed by atoms with Crippen molar-refractivity contribution >= 4 is 29.2 Å². The van der Waals surface area contributed by atoms with Gasteiger partial charge in [-0.3, -0.25) is 0 Å². The molecule has 2 aromatic rings. The van der Waals surface area contributed by atoms with Gasteiger partial charge in [0.25, 0.3) is 0 Å². The van der Waals surface area contributed by atoms with Gasteiger partial charge in [-0.15, -0.1) is 0 Å². The Bertz CT molecular complexity index is 621. The van der Waals surface area contributed by atoms with Crippen LogP contribution in [-0.4, -0.2) is 11.1 Å². The fraction of sp³-hybridized carbons (Fsp3) is 0.0714. The van der Waals surface area contributed by atoms with Gasteiger partial charge in [0.15, 0.2) is 0 Å². The van der Waals surface area contributed by atoms with Crippen LogP contribution in [0, 0.1) is 6.92 Å². The summed E-state index contributed by atoms with van der Waals surface area (Å²) in [6.45, 7) is 1.88. The van der Waals surface area contributed by atoms with Crippen LogP contribution in [0.1, 0.15) is 15.9 Å². The first-order valence-electron chi connectivity index (χ1n) is 5.29. The first kappa shape index (κ1) is 12.9. The third-order valence-electron chi connectivity index (χ3n) is 2.71. The van der Waals surface area contributed by atoms with Crippen LogP contribution >= 0.6 is 23.2 Å². The Morgan fingerprint density at radius 1 is 1.11 bits per heavy atom. The van der Waals surface area contributed by atoms with Crippen molar-refractivity contribution in [3.8, 4) is 11.1 Å². The number of halogens is 2. The second-order valence-electron chi connectivity index (χ2n) is 3.93. The van der Waals surface area contributed by atoms with Gasteiger partial charge in [0.2, 0.25) is 0 Å². The number of hydrogen-bond acceptors (Lipinski definition) is 1. The number of carboxylic acids is 1. The summed E-state index contributed by atoms with van der Waals surface area (Å²) < 4.78 is 0. The summed E-state index contributed by atoms with van der Waals surface area (Å²) in [5, 5.41) is 10.1. The summed E-state index contributed by atoms with van der Waals surface area (Å²) in [6.07, 6.45) is 0. The first-order chi connectivity index (χ1) is 8.50. The van der Waals surface area contributed by atoms with Crippen LogP contribution < -0.4 is 0 Å². The maximum absolute atomic E-state index is 11.3. The smallest absolute Gasteiger partial charge is 0.337 e. The van der Waals surface area contributed by atoms with Gasteiger partial charge in [-0.05, 0) is 41.8 Å². The molecule has 2 rings (SSSR count). The molecule has 0 heterocycles. The van der Waals surface area contributed by atoms with E-state index < -0.39 is 5.97 Å². The van der Waals surface area contributed by atoms with E-state index in [1.165, 1.54) is 0 Å². The molecule has 0 radical (unpaired) electrons. The molecule has 0 spiro atoms. The minimum Gasteiger partial charge on any atom is -0.478 e. The number of aryl methyl sites for hydroxylation is 1. The maximum atomic E-state index is 11.3. The number of aromatic carboxylic acids is 1. The minimum absolute atomic E-state index is 0.115. The van der Waals surface area contributed by atoms with Crippen molar-refractivity contribution in [2.45, 2.75) is 6.92 Å². The van der Waals surface area contributed by atoms with E-state index in [-0.39, 0.29) is 10.6 Å². The quantitative estimate of drug-likeness (QED) is 0.868. The van der Waals surface area contributed by atoms with E-state index in [0.717, 1.165) is 11.1 Å². The number of hydrogen-bond donors (Lipinski definition) is 1. The summed E-state index contributed by atoms with van der Waals surface area (Å²) in [4.78, 5) is 11.3. The van der Waals surface area contributed by atoms with Crippen molar-refractivity contribution in [3.05, 3.63) is 57.6 Å². The molecule has 0 aliphatic heterocycles. The Hall–Kier alpha value is -1.51. The molecular formula is C14H10Cl2O2. The number of carbonyl (C=O) groups is 1. The molecule has 0 aliphatic carbocycles. The van der Waals surface area contributed by atoms with Crippen molar-refractivity contribution < 1.29 is 9.90 Å². The molecule has 0 atom stereocenters. The van der Waals surface area contributed by atoms with E-state index >= 15 is 0 Å². The molecule has 0 fully saturated rings. The molecule has 1 N–H and O–H groups in total. The van der Waals surface area contributed by atoms with Crippen molar-refractivity contribution in [2.24, 2.45) is 0 Å². The Morgan fingerprint density at radius 3 is 2.44 bits per heavy atom. The Kier molecular flexibility index (Phi) is 3.60. The van der Waals surface area contributed by atoms with E-state index in [1.807, 2.05) is 6.92 Å². The Morgan fingerprint density at radius 2 is 1.83 bits per heavy atom. The normalized spacial score (nSPS) is 10.4. The van der Waals surface area contributed by atoms with E-state index in [0.29, 0.717) is 10.6 Å². The number of benzene rings is 2. The van der Waals surface area contributed by atoms with Crippen LogP contribution in [0.2, 0.25) is 10.0 Å². The first-order valence-corrected chi connectivity index (χ1v) is 6.04. The maximum Gasteiger partial charge on any atom is 0.337 e. The van der Waals surface area contributed by atoms with Gasteiger partial charge in [0.05, 0.1) is 10.6 Å².